The Kier molecular flexibility index (Phi) is 4.12. The molecule has 0 spiro atoms. The summed E-state index contributed by atoms with van der Waals surface area (Å²) in [4.78, 5) is 0. The lowest BCUT2D eigenvalue weighted by atomic mass is 9.96. The average Bonchev–Trinajstić information content (AvgIpc) is 2.38. The number of nitrogens with one attached hydrogen (secondary N) is 1. The zero-order valence-corrected chi connectivity index (χ0v) is 12.8. The van der Waals surface area contributed by atoms with E-state index in [-0.39, 0.29) is 11.9 Å². The first kappa shape index (κ1) is 14.6. The lowest BCUT2D eigenvalue weighted by Crippen LogP contribution is -2.10. The summed E-state index contributed by atoms with van der Waals surface area (Å²) in [5, 5.41) is 3.41. The van der Waals surface area contributed by atoms with Gasteiger partial charge in [0.25, 0.3) is 0 Å². The lowest BCUT2D eigenvalue weighted by Gasteiger charge is -2.20. The number of hydrogen-bond donors (Lipinski definition) is 1. The SMILES string of the molecule is Cc1cc(C)c(C(C)Nc2cc(F)ccc2C)cc1C. The lowest BCUT2D eigenvalue weighted by molar-refractivity contribution is 0.627. The molecular formula is C18H22FN. The van der Waals surface area contributed by atoms with Crippen LogP contribution in [0.4, 0.5) is 10.1 Å². The third-order valence-electron chi connectivity index (χ3n) is 3.92. The average molecular weight is 271 g/mol. The monoisotopic (exact) mass is 271 g/mol. The second-order valence-electron chi connectivity index (χ2n) is 5.62. The smallest absolute Gasteiger partial charge is 0.125 e. The van der Waals surface area contributed by atoms with E-state index in [1.54, 1.807) is 12.1 Å². The van der Waals surface area contributed by atoms with Crippen LogP contribution in [-0.2, 0) is 0 Å². The van der Waals surface area contributed by atoms with Gasteiger partial charge in [0.2, 0.25) is 0 Å². The van der Waals surface area contributed by atoms with Crippen molar-refractivity contribution in [2.24, 2.45) is 0 Å². The number of hydrogen-bond acceptors (Lipinski definition) is 1. The highest BCUT2D eigenvalue weighted by molar-refractivity contribution is 5.53. The van der Waals surface area contributed by atoms with Crippen LogP contribution < -0.4 is 5.32 Å². The molecule has 1 nitrogen and oxygen atoms in total. The van der Waals surface area contributed by atoms with Crippen LogP contribution in [0.5, 0.6) is 0 Å². The molecular weight excluding hydrogens is 249 g/mol. The van der Waals surface area contributed by atoms with Crippen LogP contribution in [0.2, 0.25) is 0 Å². The maximum atomic E-state index is 13.4. The first-order chi connectivity index (χ1) is 9.38. The van der Waals surface area contributed by atoms with E-state index in [1.165, 1.54) is 28.3 Å². The van der Waals surface area contributed by atoms with E-state index in [4.69, 9.17) is 0 Å². The van der Waals surface area contributed by atoms with Gasteiger partial charge < -0.3 is 5.32 Å². The van der Waals surface area contributed by atoms with Crippen molar-refractivity contribution < 1.29 is 4.39 Å². The molecule has 1 atom stereocenters. The normalized spacial score (nSPS) is 12.3. The summed E-state index contributed by atoms with van der Waals surface area (Å²) in [5.41, 5.74) is 7.03. The molecule has 2 aromatic carbocycles. The molecule has 0 bridgehead atoms. The molecule has 0 aliphatic carbocycles. The summed E-state index contributed by atoms with van der Waals surface area (Å²) in [6.45, 7) is 10.5. The van der Waals surface area contributed by atoms with E-state index in [9.17, 15) is 4.39 Å². The van der Waals surface area contributed by atoms with Gasteiger partial charge in [-0.3, -0.25) is 0 Å². The van der Waals surface area contributed by atoms with Crippen LogP contribution in [0.15, 0.2) is 30.3 Å². The zero-order valence-electron chi connectivity index (χ0n) is 12.8. The number of anilines is 1. The van der Waals surface area contributed by atoms with E-state index < -0.39 is 0 Å². The van der Waals surface area contributed by atoms with Gasteiger partial charge >= 0.3 is 0 Å². The standard InChI is InChI=1S/C18H22FN/c1-11-6-7-16(19)10-18(11)20-15(5)17-9-13(3)12(2)8-14(17)4/h6-10,15,20H,1-5H3. The Morgan fingerprint density at radius 2 is 1.50 bits per heavy atom. The van der Waals surface area contributed by atoms with Gasteiger partial charge in [0, 0.05) is 11.7 Å². The maximum Gasteiger partial charge on any atom is 0.125 e. The summed E-state index contributed by atoms with van der Waals surface area (Å²) in [6, 6.07) is 9.43. The number of rotatable bonds is 3. The fraction of sp³-hybridized carbons (Fsp3) is 0.333. The molecule has 2 rings (SSSR count). The van der Waals surface area contributed by atoms with Crippen molar-refractivity contribution in [1.29, 1.82) is 0 Å². The van der Waals surface area contributed by atoms with Gasteiger partial charge in [-0.1, -0.05) is 18.2 Å². The molecule has 0 aromatic heterocycles. The fourth-order valence-electron chi connectivity index (χ4n) is 2.51. The Hall–Kier alpha value is -1.83. The first-order valence-corrected chi connectivity index (χ1v) is 6.99. The van der Waals surface area contributed by atoms with Gasteiger partial charge in [-0.15, -0.1) is 0 Å². The third kappa shape index (κ3) is 3.01. The van der Waals surface area contributed by atoms with Gasteiger partial charge in [-0.05, 0) is 74.6 Å². The second kappa shape index (κ2) is 5.66. The molecule has 0 aliphatic rings. The fourth-order valence-corrected chi connectivity index (χ4v) is 2.51. The Bertz CT molecular complexity index is 632. The maximum absolute atomic E-state index is 13.4. The van der Waals surface area contributed by atoms with Gasteiger partial charge in [0.05, 0.1) is 0 Å². The van der Waals surface area contributed by atoms with Crippen molar-refractivity contribution in [2.75, 3.05) is 5.32 Å². The van der Waals surface area contributed by atoms with E-state index >= 15 is 0 Å². The van der Waals surface area contributed by atoms with Gasteiger partial charge in [-0.2, -0.15) is 0 Å². The van der Waals surface area contributed by atoms with Crippen molar-refractivity contribution in [2.45, 2.75) is 40.7 Å². The third-order valence-corrected chi connectivity index (χ3v) is 3.92. The predicted molar refractivity (Wildman–Crippen MR) is 83.8 cm³/mol. The highest BCUT2D eigenvalue weighted by Gasteiger charge is 2.11. The van der Waals surface area contributed by atoms with Crippen LogP contribution in [0, 0.1) is 33.5 Å². The Morgan fingerprint density at radius 1 is 0.850 bits per heavy atom. The molecule has 0 aliphatic heterocycles. The first-order valence-electron chi connectivity index (χ1n) is 6.99. The number of halogens is 1. The molecule has 2 aromatic rings. The van der Waals surface area contributed by atoms with Gasteiger partial charge in [-0.25, -0.2) is 4.39 Å². The second-order valence-corrected chi connectivity index (χ2v) is 5.62. The van der Waals surface area contributed by atoms with Crippen molar-refractivity contribution >= 4 is 5.69 Å². The van der Waals surface area contributed by atoms with Crippen LogP contribution in [0.1, 0.15) is 40.8 Å². The molecule has 20 heavy (non-hydrogen) atoms. The molecule has 0 saturated carbocycles. The van der Waals surface area contributed by atoms with Crippen molar-refractivity contribution in [1.82, 2.24) is 0 Å². The largest absolute Gasteiger partial charge is 0.378 e. The van der Waals surface area contributed by atoms with Crippen LogP contribution >= 0.6 is 0 Å². The van der Waals surface area contributed by atoms with Gasteiger partial charge in [0.1, 0.15) is 5.82 Å². The quantitative estimate of drug-likeness (QED) is 0.805. The highest BCUT2D eigenvalue weighted by Crippen LogP contribution is 2.26. The van der Waals surface area contributed by atoms with E-state index in [1.807, 2.05) is 6.92 Å². The van der Waals surface area contributed by atoms with Gasteiger partial charge in [0.15, 0.2) is 0 Å². The molecule has 106 valence electrons. The summed E-state index contributed by atoms with van der Waals surface area (Å²) in [5.74, 6) is -0.206. The molecule has 0 radical (unpaired) electrons. The number of benzene rings is 2. The molecule has 0 heterocycles. The van der Waals surface area contributed by atoms with Crippen LogP contribution in [0.3, 0.4) is 0 Å². The van der Waals surface area contributed by atoms with Crippen molar-refractivity contribution in [3.63, 3.8) is 0 Å². The molecule has 1 N–H and O–H groups in total. The van der Waals surface area contributed by atoms with Crippen LogP contribution in [0.25, 0.3) is 0 Å². The van der Waals surface area contributed by atoms with Crippen molar-refractivity contribution in [3.05, 3.63) is 64.0 Å². The summed E-state index contributed by atoms with van der Waals surface area (Å²) in [7, 11) is 0. The molecule has 0 saturated heterocycles. The predicted octanol–water partition coefficient (Wildman–Crippen LogP) is 5.23. The minimum atomic E-state index is -0.206. The summed E-state index contributed by atoms with van der Waals surface area (Å²) < 4.78 is 13.4. The molecule has 0 fully saturated rings. The summed E-state index contributed by atoms with van der Waals surface area (Å²) >= 11 is 0. The molecule has 2 heteroatoms. The summed E-state index contributed by atoms with van der Waals surface area (Å²) in [6.07, 6.45) is 0. The van der Waals surface area contributed by atoms with E-state index in [0.717, 1.165) is 11.3 Å². The highest BCUT2D eigenvalue weighted by atomic mass is 19.1. The van der Waals surface area contributed by atoms with E-state index in [2.05, 4.69) is 45.1 Å². The topological polar surface area (TPSA) is 12.0 Å². The Morgan fingerprint density at radius 3 is 2.20 bits per heavy atom. The number of aryl methyl sites for hydroxylation is 4. The van der Waals surface area contributed by atoms with E-state index in [0.29, 0.717) is 0 Å². The minimum absolute atomic E-state index is 0.148. The zero-order chi connectivity index (χ0) is 14.9. The molecule has 0 amide bonds. The Balaban J connectivity index is 2.30. The Labute approximate surface area is 120 Å². The van der Waals surface area contributed by atoms with Crippen molar-refractivity contribution in [3.8, 4) is 0 Å². The van der Waals surface area contributed by atoms with Crippen LogP contribution in [-0.4, -0.2) is 0 Å². The minimum Gasteiger partial charge on any atom is -0.378 e. The molecule has 1 unspecified atom stereocenters.